The van der Waals surface area contributed by atoms with Crippen LogP contribution in [0.5, 0.6) is 0 Å². The molecule has 0 bridgehead atoms. The van der Waals surface area contributed by atoms with Gasteiger partial charge in [-0.3, -0.25) is 4.98 Å². The summed E-state index contributed by atoms with van der Waals surface area (Å²) in [4.78, 5) is 9.71. The average Bonchev–Trinajstić information content (AvgIpc) is 3.24. The molecule has 3 heteroatoms. The molecule has 3 aliphatic rings. The molecule has 0 fully saturated rings. The number of para-hydroxylation sites is 3. The SMILES string of the molecule is CC1(C)c2cc(C=Cc3ccc(N4c5ccccc5C=Cc5ccccc54)cn3)ccc2-c2ccc(N3CCCc4ccccc43)cc21. The molecule has 0 saturated carbocycles. The highest BCUT2D eigenvalue weighted by Crippen LogP contribution is 2.51. The largest absolute Gasteiger partial charge is 0.341 e. The van der Waals surface area contributed by atoms with Gasteiger partial charge >= 0.3 is 0 Å². The van der Waals surface area contributed by atoms with Crippen molar-refractivity contribution in [1.29, 1.82) is 0 Å². The average molecular weight is 620 g/mol. The molecule has 48 heavy (non-hydrogen) atoms. The van der Waals surface area contributed by atoms with Gasteiger partial charge in [-0.2, -0.15) is 0 Å². The summed E-state index contributed by atoms with van der Waals surface area (Å²) in [5, 5.41) is 0. The van der Waals surface area contributed by atoms with Crippen LogP contribution in [0.3, 0.4) is 0 Å². The van der Waals surface area contributed by atoms with Crippen LogP contribution in [0.4, 0.5) is 28.4 Å². The molecule has 2 aliphatic heterocycles. The Hall–Kier alpha value is -5.67. The van der Waals surface area contributed by atoms with E-state index in [1.54, 1.807) is 0 Å². The zero-order chi connectivity index (χ0) is 32.2. The fraction of sp³-hybridized carbons (Fsp3) is 0.133. The van der Waals surface area contributed by atoms with Gasteiger partial charge in [-0.05, 0) is 106 Å². The third-order valence-corrected chi connectivity index (χ3v) is 10.4. The minimum absolute atomic E-state index is 0.0890. The molecule has 0 unspecified atom stereocenters. The Morgan fingerprint density at radius 2 is 1.27 bits per heavy atom. The van der Waals surface area contributed by atoms with Gasteiger partial charge in [-0.25, -0.2) is 0 Å². The zero-order valence-corrected chi connectivity index (χ0v) is 27.4. The van der Waals surface area contributed by atoms with Crippen molar-refractivity contribution >= 4 is 52.7 Å². The monoisotopic (exact) mass is 619 g/mol. The van der Waals surface area contributed by atoms with Crippen LogP contribution in [0.15, 0.2) is 128 Å². The number of benzene rings is 5. The molecular formula is C45H37N3. The second kappa shape index (κ2) is 11.2. The Labute approximate surface area is 283 Å². The van der Waals surface area contributed by atoms with Crippen LogP contribution in [-0.2, 0) is 11.8 Å². The molecule has 1 aliphatic carbocycles. The molecule has 0 N–H and O–H groups in total. The Morgan fingerprint density at radius 3 is 2.00 bits per heavy atom. The van der Waals surface area contributed by atoms with Crippen molar-refractivity contribution in [3.05, 3.63) is 167 Å². The van der Waals surface area contributed by atoms with E-state index < -0.39 is 0 Å². The summed E-state index contributed by atoms with van der Waals surface area (Å²) in [6.07, 6.45) is 13.0. The van der Waals surface area contributed by atoms with Gasteiger partial charge in [0.1, 0.15) is 0 Å². The van der Waals surface area contributed by atoms with Crippen LogP contribution in [0, 0.1) is 0 Å². The van der Waals surface area contributed by atoms with E-state index in [4.69, 9.17) is 4.98 Å². The van der Waals surface area contributed by atoms with Crippen molar-refractivity contribution in [2.75, 3.05) is 16.3 Å². The highest BCUT2D eigenvalue weighted by atomic mass is 15.2. The van der Waals surface area contributed by atoms with Gasteiger partial charge in [0, 0.05) is 23.3 Å². The van der Waals surface area contributed by atoms with E-state index in [2.05, 4.69) is 169 Å². The molecule has 0 atom stereocenters. The lowest BCUT2D eigenvalue weighted by Crippen LogP contribution is -2.25. The topological polar surface area (TPSA) is 19.4 Å². The summed E-state index contributed by atoms with van der Waals surface area (Å²) in [6, 6.07) is 44.2. The Morgan fingerprint density at radius 1 is 0.625 bits per heavy atom. The van der Waals surface area contributed by atoms with Gasteiger partial charge in [0.05, 0.1) is 29.0 Å². The first-order chi connectivity index (χ1) is 23.5. The van der Waals surface area contributed by atoms with Gasteiger partial charge in [-0.1, -0.05) is 111 Å². The predicted octanol–water partition coefficient (Wildman–Crippen LogP) is 11.6. The number of hydrogen-bond acceptors (Lipinski definition) is 3. The minimum Gasteiger partial charge on any atom is -0.341 e. The standard InChI is InChI=1S/C45H37N3/c1-45(2)40-28-31(18-25-38(40)39-26-24-36(29-41(39)45)47-27-9-13-32-10-3-6-14-42(32)47)17-21-35-22-23-37(30-46-35)48-43-15-7-4-11-33(43)19-20-34-12-5-8-16-44(34)48/h3-8,10-12,14-26,28-30H,9,13,27H2,1-2H3. The van der Waals surface area contributed by atoms with Crippen molar-refractivity contribution < 1.29 is 0 Å². The van der Waals surface area contributed by atoms with E-state index in [-0.39, 0.29) is 5.41 Å². The number of nitrogens with zero attached hydrogens (tertiary/aromatic N) is 3. The molecule has 5 aromatic carbocycles. The summed E-state index contributed by atoms with van der Waals surface area (Å²) in [6.45, 7) is 5.80. The van der Waals surface area contributed by atoms with E-state index in [9.17, 15) is 0 Å². The van der Waals surface area contributed by atoms with Crippen molar-refractivity contribution in [3.8, 4) is 11.1 Å². The molecule has 0 spiro atoms. The maximum absolute atomic E-state index is 4.90. The summed E-state index contributed by atoms with van der Waals surface area (Å²) < 4.78 is 0. The summed E-state index contributed by atoms with van der Waals surface area (Å²) in [7, 11) is 0. The number of rotatable bonds is 4. The first kappa shape index (κ1) is 28.5. The number of aryl methyl sites for hydroxylation is 1. The molecule has 1 aromatic heterocycles. The quantitative estimate of drug-likeness (QED) is 0.195. The van der Waals surface area contributed by atoms with Gasteiger partial charge in [-0.15, -0.1) is 0 Å². The Balaban J connectivity index is 0.992. The zero-order valence-electron chi connectivity index (χ0n) is 27.4. The van der Waals surface area contributed by atoms with Crippen LogP contribution in [0.1, 0.15) is 59.3 Å². The molecule has 9 rings (SSSR count). The summed E-state index contributed by atoms with van der Waals surface area (Å²) >= 11 is 0. The first-order valence-electron chi connectivity index (χ1n) is 17.0. The van der Waals surface area contributed by atoms with E-state index in [1.165, 1.54) is 62.3 Å². The molecule has 6 aromatic rings. The van der Waals surface area contributed by atoms with E-state index in [0.717, 1.165) is 35.7 Å². The second-order valence-electron chi connectivity index (χ2n) is 13.6. The molecule has 0 saturated heterocycles. The summed E-state index contributed by atoms with van der Waals surface area (Å²) in [5.74, 6) is 0. The van der Waals surface area contributed by atoms with Crippen molar-refractivity contribution in [2.45, 2.75) is 32.1 Å². The van der Waals surface area contributed by atoms with Crippen LogP contribution in [0.25, 0.3) is 35.4 Å². The number of fused-ring (bicyclic) bond motifs is 6. The van der Waals surface area contributed by atoms with Crippen LogP contribution in [0.2, 0.25) is 0 Å². The second-order valence-corrected chi connectivity index (χ2v) is 13.6. The predicted molar refractivity (Wildman–Crippen MR) is 203 cm³/mol. The third kappa shape index (κ3) is 4.69. The first-order valence-corrected chi connectivity index (χ1v) is 17.0. The van der Waals surface area contributed by atoms with Gasteiger partial charge < -0.3 is 9.80 Å². The Bertz CT molecular complexity index is 2210. The molecule has 0 amide bonds. The number of anilines is 5. The number of hydrogen-bond donors (Lipinski definition) is 0. The molecule has 3 nitrogen and oxygen atoms in total. The van der Waals surface area contributed by atoms with E-state index in [0.29, 0.717) is 0 Å². The van der Waals surface area contributed by atoms with Crippen molar-refractivity contribution in [1.82, 2.24) is 4.98 Å². The van der Waals surface area contributed by atoms with Gasteiger partial charge in [0.2, 0.25) is 0 Å². The van der Waals surface area contributed by atoms with Crippen molar-refractivity contribution in [2.24, 2.45) is 0 Å². The summed E-state index contributed by atoms with van der Waals surface area (Å²) in [5.41, 5.74) is 17.3. The fourth-order valence-corrected chi connectivity index (χ4v) is 7.88. The maximum atomic E-state index is 4.90. The van der Waals surface area contributed by atoms with Crippen LogP contribution >= 0.6 is 0 Å². The molecule has 0 radical (unpaired) electrons. The van der Waals surface area contributed by atoms with E-state index >= 15 is 0 Å². The highest BCUT2D eigenvalue weighted by molar-refractivity contribution is 5.93. The maximum Gasteiger partial charge on any atom is 0.0645 e. The molecule has 232 valence electrons. The van der Waals surface area contributed by atoms with E-state index in [1.807, 2.05) is 6.20 Å². The lowest BCUT2D eigenvalue weighted by molar-refractivity contribution is 0.659. The lowest BCUT2D eigenvalue weighted by Gasteiger charge is -2.32. The van der Waals surface area contributed by atoms with Crippen LogP contribution < -0.4 is 9.80 Å². The van der Waals surface area contributed by atoms with Gasteiger partial charge in [0.25, 0.3) is 0 Å². The van der Waals surface area contributed by atoms with Gasteiger partial charge in [0.15, 0.2) is 0 Å². The smallest absolute Gasteiger partial charge is 0.0645 e. The lowest BCUT2D eigenvalue weighted by atomic mass is 9.81. The highest BCUT2D eigenvalue weighted by Gasteiger charge is 2.36. The fourth-order valence-electron chi connectivity index (χ4n) is 7.88. The molecule has 3 heterocycles. The normalized spacial score (nSPS) is 15.4. The van der Waals surface area contributed by atoms with Crippen molar-refractivity contribution in [3.63, 3.8) is 0 Å². The van der Waals surface area contributed by atoms with Crippen LogP contribution in [-0.4, -0.2) is 11.5 Å². The number of pyridine rings is 1. The minimum atomic E-state index is -0.0890. The number of aromatic nitrogens is 1. The molecular weight excluding hydrogens is 583 g/mol. The Kier molecular flexibility index (Phi) is 6.69. The third-order valence-electron chi connectivity index (χ3n) is 10.4.